The summed E-state index contributed by atoms with van der Waals surface area (Å²) < 4.78 is 0. The lowest BCUT2D eigenvalue weighted by Crippen LogP contribution is -2.64. The van der Waals surface area contributed by atoms with Gasteiger partial charge >= 0.3 is 5.97 Å². The molecule has 0 bridgehead atoms. The number of nitrogens with two attached hydrogens (primary N) is 3. The van der Waals surface area contributed by atoms with E-state index in [4.69, 9.17) is 17.2 Å². The molecule has 1 aromatic carbocycles. The van der Waals surface area contributed by atoms with Crippen LogP contribution in [0.3, 0.4) is 0 Å². The minimum Gasteiger partial charge on any atom is -0.508 e. The van der Waals surface area contributed by atoms with Gasteiger partial charge in [0.25, 0.3) is 0 Å². The zero-order valence-corrected chi connectivity index (χ0v) is 51.3. The molecule has 2 aliphatic heterocycles. The Labute approximate surface area is 522 Å². The molecule has 2 heterocycles. The van der Waals surface area contributed by atoms with Crippen LogP contribution in [-0.4, -0.2) is 268 Å². The predicted molar refractivity (Wildman–Crippen MR) is 313 cm³/mol. The fraction of sp³-hybridized carbons (Fsp3) is 0.655. The van der Waals surface area contributed by atoms with Crippen LogP contribution in [0.25, 0.3) is 0 Å². The number of aliphatic hydroxyl groups excluding tert-OH is 7. The topological polar surface area (TPSA) is 597 Å². The van der Waals surface area contributed by atoms with Gasteiger partial charge in [0, 0.05) is 25.9 Å². The smallest absolute Gasteiger partial charge is 0.326 e. The Hall–Kier alpha value is -8.23. The molecule has 0 unspecified atom stereocenters. The minimum absolute atomic E-state index is 0.0841. The number of rotatable bonds is 34. The van der Waals surface area contributed by atoms with E-state index in [2.05, 4.69) is 47.9 Å². The molecular weight excluding hydrogens is 1210 g/mol. The maximum absolute atomic E-state index is 14.5. The summed E-state index contributed by atoms with van der Waals surface area (Å²) in [6.07, 6.45) is -13.8. The number of carboxylic acid groups (broad SMARTS) is 1. The van der Waals surface area contributed by atoms with E-state index in [1.807, 2.05) is 0 Å². The molecule has 2 saturated heterocycles. The summed E-state index contributed by atoms with van der Waals surface area (Å²) in [5, 5.41) is 114. The summed E-state index contributed by atoms with van der Waals surface area (Å²) in [4.78, 5) is 176. The van der Waals surface area contributed by atoms with Crippen molar-refractivity contribution in [2.75, 3.05) is 26.2 Å². The van der Waals surface area contributed by atoms with Crippen LogP contribution in [0.1, 0.15) is 86.1 Å². The van der Waals surface area contributed by atoms with Gasteiger partial charge in [-0.2, -0.15) is 0 Å². The molecule has 0 radical (unpaired) electrons. The Kier molecular flexibility index (Phi) is 30.0. The van der Waals surface area contributed by atoms with Crippen molar-refractivity contribution in [1.82, 2.24) is 57.7 Å². The van der Waals surface area contributed by atoms with Crippen molar-refractivity contribution >= 4 is 76.9 Å². The second-order valence-corrected chi connectivity index (χ2v) is 22.9. The number of carbonyl (C=O) groups excluding carboxylic acids is 12. The van der Waals surface area contributed by atoms with Gasteiger partial charge in [-0.15, -0.1) is 0 Å². The number of aliphatic carboxylic acids is 1. The van der Waals surface area contributed by atoms with E-state index in [0.717, 1.165) is 25.7 Å². The number of carbonyl (C=O) groups is 13. The van der Waals surface area contributed by atoms with Gasteiger partial charge in [0.15, 0.2) is 0 Å². The van der Waals surface area contributed by atoms with Gasteiger partial charge in [-0.3, -0.25) is 57.5 Å². The Morgan fingerprint density at radius 3 is 1.68 bits per heavy atom. The van der Waals surface area contributed by atoms with Gasteiger partial charge in [0.1, 0.15) is 72.2 Å². The third-order valence-corrected chi connectivity index (χ3v) is 14.9. The molecule has 91 heavy (non-hydrogen) atoms. The molecule has 18 atom stereocenters. The number of phenols is 1. The number of β-amino-alcohol motifs (C(OH)–C–C–N with tert-alkyl or cyclic N) is 1. The van der Waals surface area contributed by atoms with Crippen LogP contribution in [0.5, 0.6) is 5.75 Å². The summed E-state index contributed by atoms with van der Waals surface area (Å²) in [5.74, 6) is -15.9. The highest BCUT2D eigenvalue weighted by Gasteiger charge is 2.48. The summed E-state index contributed by atoms with van der Waals surface area (Å²) in [6.45, 7) is 6.84. The van der Waals surface area contributed by atoms with Crippen molar-refractivity contribution in [1.29, 1.82) is 0 Å². The lowest BCUT2D eigenvalue weighted by Gasteiger charge is -2.34. The highest BCUT2D eigenvalue weighted by atomic mass is 16.4. The molecule has 0 saturated carbocycles. The number of primary amides is 1. The monoisotopic (exact) mass is 1300 g/mol. The number of amides is 12. The normalized spacial score (nSPS) is 21.0. The lowest BCUT2D eigenvalue weighted by molar-refractivity contribution is -0.147. The molecule has 12 amide bonds. The molecule has 0 aromatic heterocycles. The molecule has 3 rings (SSSR count). The van der Waals surface area contributed by atoms with Gasteiger partial charge in [-0.05, 0) is 84.0 Å². The SMILES string of the molecule is CC(C)[C@H](NC(=O)[C@H](Cc1ccc(O)cc1)NC(=O)[C@@H](C)NC(=O)[C@H](N)[C@@H](C)O)C(=O)N1C[C@H](O)C[C@H]1C(=O)N[C@H](C(=O)N[C@H](C(=O)N1CC[C@H](O)[C@H]1C(=O)N[C@H](C(=O)NCC(=O)N[C@@H](C(=O)N[C@@H](CCCN)C(=O)O)[C@@H](C)O)[C@H](O)CC(N)=O)[C@@H](C)O)[C@@H](C)O. The Morgan fingerprint density at radius 2 is 1.14 bits per heavy atom. The van der Waals surface area contributed by atoms with Crippen LogP contribution in [0.2, 0.25) is 0 Å². The standard InChI is InChI=1S/C55H88N14O22/c1-22(2)39(64-46(81)32(17-28-10-12-29(74)13-11-28)62-45(80)23(3)60-48(83)38(58)24(4)70)53(88)69-21-30(75)18-33(69)47(82)65-41(26(6)72)51(86)66-42(27(7)73)54(89)68-16-14-34(76)44(68)52(87)67-43(35(77)19-36(57)78)49(84)59-20-37(79)63-40(25(5)71)50(85)61-31(55(90)91)9-8-15-56/h10-13,22-27,30-35,38-44,70-77H,8-9,14-21,56,58H2,1-7H3,(H2,57,78)(H,59,84)(H,60,83)(H,61,85)(H,62,80)(H,63,79)(H,64,81)(H,65,82)(H,66,86)(H,67,87)(H,90,91)/t23-,24-,25-,26-,27-,30-,31+,32+,33+,34+,35-,38-,39+,40-,41+,42+,43+,44+/m1/s1. The van der Waals surface area contributed by atoms with Crippen LogP contribution < -0.4 is 65.1 Å². The third-order valence-electron chi connectivity index (χ3n) is 14.9. The zero-order chi connectivity index (χ0) is 69.0. The highest BCUT2D eigenvalue weighted by molar-refractivity contribution is 6.00. The summed E-state index contributed by atoms with van der Waals surface area (Å²) in [6, 6.07) is -13.2. The number of likely N-dealkylation sites (tertiary alicyclic amines) is 2. The second-order valence-electron chi connectivity index (χ2n) is 22.9. The lowest BCUT2D eigenvalue weighted by atomic mass is 9.99. The van der Waals surface area contributed by atoms with Gasteiger partial charge in [0.05, 0.1) is 55.7 Å². The number of aromatic hydroxyl groups is 1. The fourth-order valence-corrected chi connectivity index (χ4v) is 9.67. The van der Waals surface area contributed by atoms with Crippen LogP contribution >= 0.6 is 0 Å². The van der Waals surface area contributed by atoms with E-state index in [0.29, 0.717) is 10.5 Å². The number of phenolic OH excluding ortho intramolecular Hbond substituents is 1. The van der Waals surface area contributed by atoms with Gasteiger partial charge in [0.2, 0.25) is 70.9 Å². The first-order chi connectivity index (χ1) is 42.4. The van der Waals surface area contributed by atoms with Crippen molar-refractivity contribution in [3.63, 3.8) is 0 Å². The molecule has 2 aliphatic rings. The van der Waals surface area contributed by atoms with Gasteiger partial charge < -0.3 is 121 Å². The van der Waals surface area contributed by atoms with E-state index in [1.165, 1.54) is 52.0 Å². The van der Waals surface area contributed by atoms with Gasteiger partial charge in [-0.1, -0.05) is 26.0 Å². The molecule has 0 spiro atoms. The highest BCUT2D eigenvalue weighted by Crippen LogP contribution is 2.24. The number of nitrogens with zero attached hydrogens (tertiary/aromatic N) is 2. The first-order valence-electron chi connectivity index (χ1n) is 29.2. The molecule has 0 aliphatic carbocycles. The molecule has 2 fully saturated rings. The molecule has 510 valence electrons. The number of aliphatic hydroxyl groups is 7. The Bertz CT molecular complexity index is 2760. The van der Waals surface area contributed by atoms with Crippen LogP contribution in [0, 0.1) is 5.92 Å². The largest absolute Gasteiger partial charge is 0.508 e. The number of hydrogen-bond acceptors (Lipinski definition) is 23. The molecule has 36 nitrogen and oxygen atoms in total. The average molecular weight is 1300 g/mol. The molecular formula is C55H88N14O22. The maximum Gasteiger partial charge on any atom is 0.326 e. The van der Waals surface area contributed by atoms with E-state index in [1.54, 1.807) is 0 Å². The van der Waals surface area contributed by atoms with Crippen LogP contribution in [0.4, 0.5) is 0 Å². The summed E-state index contributed by atoms with van der Waals surface area (Å²) in [7, 11) is 0. The second kappa shape index (κ2) is 35.4. The van der Waals surface area contributed by atoms with Crippen molar-refractivity contribution in [2.45, 2.75) is 196 Å². The average Bonchev–Trinajstić information content (AvgIpc) is 1.73. The third kappa shape index (κ3) is 22.6. The quantitative estimate of drug-likeness (QED) is 0.0305. The van der Waals surface area contributed by atoms with Crippen LogP contribution in [-0.2, 0) is 68.7 Å². The fourth-order valence-electron chi connectivity index (χ4n) is 9.67. The zero-order valence-electron chi connectivity index (χ0n) is 51.3. The van der Waals surface area contributed by atoms with Crippen molar-refractivity contribution in [2.24, 2.45) is 23.1 Å². The van der Waals surface area contributed by atoms with Crippen molar-refractivity contribution in [3.8, 4) is 5.75 Å². The Balaban J connectivity index is 1.82. The van der Waals surface area contributed by atoms with E-state index >= 15 is 0 Å². The molecule has 24 N–H and O–H groups in total. The minimum atomic E-state index is -2.19. The first-order valence-corrected chi connectivity index (χ1v) is 29.2. The number of hydrogen-bond donors (Lipinski definition) is 21. The van der Waals surface area contributed by atoms with Crippen LogP contribution in [0.15, 0.2) is 24.3 Å². The predicted octanol–water partition coefficient (Wildman–Crippen LogP) is -10.6. The summed E-state index contributed by atoms with van der Waals surface area (Å²) in [5.41, 5.74) is 16.8. The van der Waals surface area contributed by atoms with E-state index < -0.39 is 224 Å². The van der Waals surface area contributed by atoms with Crippen molar-refractivity contribution in [3.05, 3.63) is 29.8 Å². The molecule has 36 heteroatoms. The van der Waals surface area contributed by atoms with E-state index in [-0.39, 0.29) is 38.0 Å². The van der Waals surface area contributed by atoms with E-state index in [9.17, 15) is 108 Å². The van der Waals surface area contributed by atoms with Gasteiger partial charge in [-0.25, -0.2) is 4.79 Å². The Morgan fingerprint density at radius 1 is 0.604 bits per heavy atom. The van der Waals surface area contributed by atoms with Crippen molar-refractivity contribution < 1.29 is 108 Å². The maximum atomic E-state index is 14.5. The number of carboxylic acids is 1. The first kappa shape index (κ1) is 77.0. The molecule has 1 aromatic rings. The number of nitrogens with one attached hydrogen (secondary N) is 9. The summed E-state index contributed by atoms with van der Waals surface area (Å²) >= 11 is 0. The number of benzene rings is 1.